The van der Waals surface area contributed by atoms with Gasteiger partial charge in [-0.1, -0.05) is 53.6 Å². The van der Waals surface area contributed by atoms with E-state index in [2.05, 4.69) is 43.3 Å². The number of aryl methyl sites for hydroxylation is 1. The van der Waals surface area contributed by atoms with Crippen LogP contribution in [-0.2, 0) is 4.74 Å². The third kappa shape index (κ3) is 3.66. The Kier molecular flexibility index (Phi) is 5.40. The smallest absolute Gasteiger partial charge is 0.409 e. The molecule has 1 aromatic heterocycles. The molecular formula is C23H25ClN2O2. The first-order valence-corrected chi connectivity index (χ1v) is 10.3. The SMILES string of the molecule is CCOC(=O)N1CCC(C2c3ccc(C)cc3C=Cc3ccc(Cl)nc32)CC1. The molecule has 1 saturated heterocycles. The number of benzene rings is 1. The largest absolute Gasteiger partial charge is 0.450 e. The van der Waals surface area contributed by atoms with Crippen molar-refractivity contribution >= 4 is 29.8 Å². The Morgan fingerprint density at radius 3 is 2.68 bits per heavy atom. The number of pyridine rings is 1. The number of ether oxygens (including phenoxy) is 1. The summed E-state index contributed by atoms with van der Waals surface area (Å²) < 4.78 is 5.17. The minimum Gasteiger partial charge on any atom is -0.450 e. The highest BCUT2D eigenvalue weighted by atomic mass is 35.5. The van der Waals surface area contributed by atoms with Crippen LogP contribution in [-0.4, -0.2) is 35.7 Å². The van der Waals surface area contributed by atoms with E-state index in [1.165, 1.54) is 16.7 Å². The molecule has 2 aliphatic rings. The van der Waals surface area contributed by atoms with Crippen LogP contribution in [0.15, 0.2) is 30.3 Å². The number of hydrogen-bond acceptors (Lipinski definition) is 3. The van der Waals surface area contributed by atoms with Crippen molar-refractivity contribution < 1.29 is 9.53 Å². The number of rotatable bonds is 2. The van der Waals surface area contributed by atoms with Gasteiger partial charge in [-0.25, -0.2) is 9.78 Å². The summed E-state index contributed by atoms with van der Waals surface area (Å²) in [7, 11) is 0. The van der Waals surface area contributed by atoms with Crippen molar-refractivity contribution in [3.63, 3.8) is 0 Å². The summed E-state index contributed by atoms with van der Waals surface area (Å²) in [6.45, 7) is 5.80. The standard InChI is InChI=1S/C23H25ClN2O2/c1-3-28-23(27)26-12-10-16(11-13-26)21-19-8-4-15(2)14-18(19)6-5-17-7-9-20(24)25-22(17)21/h4-9,14,16,21H,3,10-13H2,1-2H3. The number of carbonyl (C=O) groups is 1. The van der Waals surface area contributed by atoms with Gasteiger partial charge in [-0.05, 0) is 55.4 Å². The first-order chi connectivity index (χ1) is 13.6. The third-order valence-corrected chi connectivity index (χ3v) is 5.99. The molecule has 1 unspecified atom stereocenters. The Bertz CT molecular complexity index is 917. The topological polar surface area (TPSA) is 42.4 Å². The van der Waals surface area contributed by atoms with Gasteiger partial charge in [-0.2, -0.15) is 0 Å². The maximum Gasteiger partial charge on any atom is 0.409 e. The second kappa shape index (κ2) is 7.96. The zero-order valence-electron chi connectivity index (χ0n) is 16.3. The van der Waals surface area contributed by atoms with Gasteiger partial charge in [0.15, 0.2) is 0 Å². The third-order valence-electron chi connectivity index (χ3n) is 5.77. The minimum atomic E-state index is -0.207. The van der Waals surface area contributed by atoms with Crippen LogP contribution in [0, 0.1) is 12.8 Å². The lowest BCUT2D eigenvalue weighted by molar-refractivity contribution is 0.0900. The maximum atomic E-state index is 12.1. The van der Waals surface area contributed by atoms with Crippen molar-refractivity contribution in [3.8, 4) is 0 Å². The lowest BCUT2D eigenvalue weighted by atomic mass is 9.76. The molecule has 5 heteroatoms. The van der Waals surface area contributed by atoms with Gasteiger partial charge in [0.2, 0.25) is 0 Å². The first kappa shape index (κ1) is 19.0. The highest BCUT2D eigenvalue weighted by Crippen LogP contribution is 2.43. The molecule has 0 N–H and O–H groups in total. The fraction of sp³-hybridized carbons (Fsp3) is 0.391. The minimum absolute atomic E-state index is 0.170. The molecule has 0 radical (unpaired) electrons. The number of carbonyl (C=O) groups excluding carboxylic acids is 1. The molecule has 0 spiro atoms. The summed E-state index contributed by atoms with van der Waals surface area (Å²) >= 11 is 6.28. The van der Waals surface area contributed by atoms with Crippen molar-refractivity contribution in [1.82, 2.24) is 9.88 Å². The lowest BCUT2D eigenvalue weighted by Gasteiger charge is -2.36. The van der Waals surface area contributed by atoms with Gasteiger partial charge in [0.05, 0.1) is 12.3 Å². The van der Waals surface area contributed by atoms with Gasteiger partial charge in [-0.15, -0.1) is 0 Å². The summed E-state index contributed by atoms with van der Waals surface area (Å²) in [6, 6.07) is 10.5. The average Bonchev–Trinajstić information content (AvgIpc) is 2.84. The van der Waals surface area contributed by atoms with Gasteiger partial charge >= 0.3 is 6.09 Å². The number of aromatic nitrogens is 1. The Labute approximate surface area is 171 Å². The second-order valence-corrected chi connectivity index (χ2v) is 7.96. The fourth-order valence-corrected chi connectivity index (χ4v) is 4.56. The van der Waals surface area contributed by atoms with E-state index in [1.54, 1.807) is 0 Å². The van der Waals surface area contributed by atoms with E-state index in [-0.39, 0.29) is 12.0 Å². The van der Waals surface area contributed by atoms with Crippen LogP contribution >= 0.6 is 11.6 Å². The Morgan fingerprint density at radius 1 is 1.18 bits per heavy atom. The number of nitrogens with zero attached hydrogens (tertiary/aromatic N) is 2. The van der Waals surface area contributed by atoms with Gasteiger partial charge < -0.3 is 9.64 Å². The fourth-order valence-electron chi connectivity index (χ4n) is 4.41. The van der Waals surface area contributed by atoms with Crippen LogP contribution in [0.5, 0.6) is 0 Å². The second-order valence-electron chi connectivity index (χ2n) is 7.58. The van der Waals surface area contributed by atoms with Gasteiger partial charge in [0.1, 0.15) is 5.15 Å². The lowest BCUT2D eigenvalue weighted by Crippen LogP contribution is -2.40. The molecule has 28 heavy (non-hydrogen) atoms. The predicted octanol–water partition coefficient (Wildman–Crippen LogP) is 5.53. The summed E-state index contributed by atoms with van der Waals surface area (Å²) in [5.74, 6) is 0.570. The van der Waals surface area contributed by atoms with Crippen LogP contribution in [0.25, 0.3) is 12.2 Å². The van der Waals surface area contributed by atoms with Crippen molar-refractivity contribution in [2.45, 2.75) is 32.6 Å². The monoisotopic (exact) mass is 396 g/mol. The summed E-state index contributed by atoms with van der Waals surface area (Å²) in [5, 5.41) is 0.525. The molecule has 4 rings (SSSR count). The molecule has 1 aliphatic carbocycles. The normalized spacial score (nSPS) is 19.0. The molecule has 2 heterocycles. The molecule has 146 valence electrons. The van der Waals surface area contributed by atoms with E-state index in [0.29, 0.717) is 30.8 Å². The van der Waals surface area contributed by atoms with Crippen molar-refractivity contribution in [2.75, 3.05) is 19.7 Å². The molecule has 1 aromatic carbocycles. The Hall–Kier alpha value is -2.33. The molecule has 1 aliphatic heterocycles. The number of hydrogen-bond donors (Lipinski definition) is 0. The number of fused-ring (bicyclic) bond motifs is 2. The molecule has 0 saturated carbocycles. The number of halogens is 1. The quantitative estimate of drug-likeness (QED) is 0.627. The molecule has 1 fully saturated rings. The van der Waals surface area contributed by atoms with Crippen molar-refractivity contribution in [2.24, 2.45) is 5.92 Å². The molecular weight excluding hydrogens is 372 g/mol. The van der Waals surface area contributed by atoms with E-state index in [0.717, 1.165) is 24.1 Å². The average molecular weight is 397 g/mol. The van der Waals surface area contributed by atoms with E-state index in [9.17, 15) is 4.79 Å². The number of amides is 1. The van der Waals surface area contributed by atoms with Crippen LogP contribution < -0.4 is 0 Å². The predicted molar refractivity (Wildman–Crippen MR) is 113 cm³/mol. The van der Waals surface area contributed by atoms with Crippen LogP contribution in [0.1, 0.15) is 53.6 Å². The highest BCUT2D eigenvalue weighted by molar-refractivity contribution is 6.29. The number of piperidine rings is 1. The Morgan fingerprint density at radius 2 is 1.93 bits per heavy atom. The zero-order chi connectivity index (χ0) is 19.7. The van der Waals surface area contributed by atoms with E-state index in [1.807, 2.05) is 17.9 Å². The maximum absolute atomic E-state index is 12.1. The summed E-state index contributed by atoms with van der Waals surface area (Å²) in [5.41, 5.74) is 5.95. The van der Waals surface area contributed by atoms with Crippen LogP contribution in [0.3, 0.4) is 0 Å². The van der Waals surface area contributed by atoms with Crippen LogP contribution in [0.2, 0.25) is 5.15 Å². The van der Waals surface area contributed by atoms with Crippen LogP contribution in [0.4, 0.5) is 4.79 Å². The zero-order valence-corrected chi connectivity index (χ0v) is 17.1. The molecule has 2 aromatic rings. The molecule has 1 amide bonds. The Balaban J connectivity index is 1.69. The van der Waals surface area contributed by atoms with Gasteiger partial charge in [0.25, 0.3) is 0 Å². The highest BCUT2D eigenvalue weighted by Gasteiger charge is 2.34. The van der Waals surface area contributed by atoms with E-state index >= 15 is 0 Å². The first-order valence-electron chi connectivity index (χ1n) is 9.93. The van der Waals surface area contributed by atoms with Gasteiger partial charge in [0, 0.05) is 19.0 Å². The molecule has 1 atom stereocenters. The summed E-state index contributed by atoms with van der Waals surface area (Å²) in [6.07, 6.45) is 5.96. The van der Waals surface area contributed by atoms with E-state index < -0.39 is 0 Å². The van der Waals surface area contributed by atoms with Crippen molar-refractivity contribution in [3.05, 3.63) is 63.4 Å². The molecule has 4 nitrogen and oxygen atoms in total. The molecule has 0 bridgehead atoms. The van der Waals surface area contributed by atoms with Gasteiger partial charge in [-0.3, -0.25) is 0 Å². The summed E-state index contributed by atoms with van der Waals surface area (Å²) in [4.78, 5) is 18.6. The van der Waals surface area contributed by atoms with Crippen molar-refractivity contribution in [1.29, 1.82) is 0 Å². The van der Waals surface area contributed by atoms with E-state index in [4.69, 9.17) is 21.3 Å². The number of likely N-dealkylation sites (tertiary alicyclic amines) is 1.